The van der Waals surface area contributed by atoms with Gasteiger partial charge in [-0.05, 0) is 31.0 Å². The average molecular weight is 265 g/mol. The molecule has 1 saturated carbocycles. The third kappa shape index (κ3) is 2.98. The lowest BCUT2D eigenvalue weighted by Crippen LogP contribution is -2.38. The van der Waals surface area contributed by atoms with Gasteiger partial charge in [-0.25, -0.2) is 0 Å². The van der Waals surface area contributed by atoms with Gasteiger partial charge in [0.1, 0.15) is 11.5 Å². The molecule has 1 aromatic rings. The standard InChI is InChI=1S/C14H19NO4/c1-19-10-5-6-13(17)11(7-10)14(18)15-12-4-2-3-9(12)8-16/h5-7,9,12,16-17H,2-4,8H2,1H3,(H,15,18). The summed E-state index contributed by atoms with van der Waals surface area (Å²) in [6.07, 6.45) is 2.79. The quantitative estimate of drug-likeness (QED) is 0.766. The summed E-state index contributed by atoms with van der Waals surface area (Å²) in [6.45, 7) is 0.0784. The molecule has 0 aliphatic heterocycles. The van der Waals surface area contributed by atoms with Crippen LogP contribution in [0.15, 0.2) is 18.2 Å². The fourth-order valence-electron chi connectivity index (χ4n) is 2.52. The minimum atomic E-state index is -0.332. The molecule has 1 aliphatic carbocycles. The van der Waals surface area contributed by atoms with Gasteiger partial charge in [0.05, 0.1) is 12.7 Å². The van der Waals surface area contributed by atoms with Crippen molar-refractivity contribution in [1.82, 2.24) is 5.32 Å². The van der Waals surface area contributed by atoms with Crippen molar-refractivity contribution in [1.29, 1.82) is 0 Å². The monoisotopic (exact) mass is 265 g/mol. The van der Waals surface area contributed by atoms with Gasteiger partial charge in [-0.2, -0.15) is 0 Å². The minimum Gasteiger partial charge on any atom is -0.507 e. The number of phenolic OH excluding ortho intramolecular Hbond substituents is 1. The van der Waals surface area contributed by atoms with E-state index in [0.29, 0.717) is 5.75 Å². The third-order valence-electron chi connectivity index (χ3n) is 3.66. The summed E-state index contributed by atoms with van der Waals surface area (Å²) in [7, 11) is 1.51. The van der Waals surface area contributed by atoms with Crippen molar-refractivity contribution in [2.45, 2.75) is 25.3 Å². The highest BCUT2D eigenvalue weighted by atomic mass is 16.5. The van der Waals surface area contributed by atoms with E-state index in [1.807, 2.05) is 0 Å². The average Bonchev–Trinajstić information content (AvgIpc) is 2.86. The van der Waals surface area contributed by atoms with Gasteiger partial charge in [-0.15, -0.1) is 0 Å². The molecule has 104 valence electrons. The molecule has 2 rings (SSSR count). The van der Waals surface area contributed by atoms with Crippen molar-refractivity contribution in [2.24, 2.45) is 5.92 Å². The van der Waals surface area contributed by atoms with E-state index in [1.165, 1.54) is 19.2 Å². The molecule has 2 unspecified atom stereocenters. The van der Waals surface area contributed by atoms with Crippen LogP contribution in [0.5, 0.6) is 11.5 Å². The van der Waals surface area contributed by atoms with Gasteiger partial charge in [0, 0.05) is 18.6 Å². The van der Waals surface area contributed by atoms with Gasteiger partial charge < -0.3 is 20.3 Å². The Hall–Kier alpha value is -1.75. The number of aromatic hydroxyl groups is 1. The number of benzene rings is 1. The van der Waals surface area contributed by atoms with Crippen LogP contribution in [0, 0.1) is 5.92 Å². The third-order valence-corrected chi connectivity index (χ3v) is 3.66. The molecule has 1 fully saturated rings. The molecule has 0 radical (unpaired) electrons. The van der Waals surface area contributed by atoms with Crippen LogP contribution in [-0.2, 0) is 0 Å². The number of rotatable bonds is 4. The number of ether oxygens (including phenoxy) is 1. The van der Waals surface area contributed by atoms with Gasteiger partial charge >= 0.3 is 0 Å². The number of carbonyl (C=O) groups excluding carboxylic acids is 1. The fourth-order valence-corrected chi connectivity index (χ4v) is 2.52. The molecule has 5 heteroatoms. The highest BCUT2D eigenvalue weighted by Crippen LogP contribution is 2.27. The van der Waals surface area contributed by atoms with Crippen molar-refractivity contribution >= 4 is 5.91 Å². The SMILES string of the molecule is COc1ccc(O)c(C(=O)NC2CCCC2CO)c1. The second-order valence-corrected chi connectivity index (χ2v) is 4.84. The van der Waals surface area contributed by atoms with Crippen molar-refractivity contribution < 1.29 is 19.7 Å². The molecule has 0 spiro atoms. The molecular formula is C14H19NO4. The molecule has 1 aromatic carbocycles. The largest absolute Gasteiger partial charge is 0.507 e. The van der Waals surface area contributed by atoms with E-state index >= 15 is 0 Å². The number of nitrogens with one attached hydrogen (secondary N) is 1. The van der Waals surface area contributed by atoms with E-state index in [0.717, 1.165) is 19.3 Å². The highest BCUT2D eigenvalue weighted by Gasteiger charge is 2.28. The van der Waals surface area contributed by atoms with E-state index in [9.17, 15) is 15.0 Å². The Kier molecular flexibility index (Phi) is 4.27. The Balaban J connectivity index is 2.11. The molecule has 3 N–H and O–H groups in total. The maximum Gasteiger partial charge on any atom is 0.255 e. The van der Waals surface area contributed by atoms with E-state index in [4.69, 9.17) is 4.74 Å². The lowest BCUT2D eigenvalue weighted by atomic mass is 10.0. The number of aliphatic hydroxyl groups is 1. The zero-order valence-electron chi connectivity index (χ0n) is 10.9. The first kappa shape index (κ1) is 13.7. The molecule has 2 atom stereocenters. The van der Waals surface area contributed by atoms with Crippen LogP contribution in [0.1, 0.15) is 29.6 Å². The lowest BCUT2D eigenvalue weighted by molar-refractivity contribution is 0.0913. The Labute approximate surface area is 112 Å². The Morgan fingerprint density at radius 2 is 2.26 bits per heavy atom. The second-order valence-electron chi connectivity index (χ2n) is 4.84. The fraction of sp³-hybridized carbons (Fsp3) is 0.500. The van der Waals surface area contributed by atoms with Gasteiger partial charge in [-0.1, -0.05) is 6.42 Å². The maximum absolute atomic E-state index is 12.1. The zero-order valence-corrected chi connectivity index (χ0v) is 10.9. The highest BCUT2D eigenvalue weighted by molar-refractivity contribution is 5.97. The van der Waals surface area contributed by atoms with E-state index in [1.54, 1.807) is 6.07 Å². The predicted molar refractivity (Wildman–Crippen MR) is 70.3 cm³/mol. The Morgan fingerprint density at radius 1 is 1.47 bits per heavy atom. The minimum absolute atomic E-state index is 0.0249. The summed E-state index contributed by atoms with van der Waals surface area (Å²) in [5.74, 6) is 0.225. The molecule has 0 bridgehead atoms. The van der Waals surface area contributed by atoms with Crippen molar-refractivity contribution in [3.8, 4) is 11.5 Å². The summed E-state index contributed by atoms with van der Waals surface area (Å²) in [4.78, 5) is 12.1. The number of hydrogen-bond acceptors (Lipinski definition) is 4. The van der Waals surface area contributed by atoms with Crippen LogP contribution in [0.25, 0.3) is 0 Å². The lowest BCUT2D eigenvalue weighted by Gasteiger charge is -2.19. The molecule has 1 aliphatic rings. The molecule has 5 nitrogen and oxygen atoms in total. The summed E-state index contributed by atoms with van der Waals surface area (Å²) < 4.78 is 5.04. The molecule has 1 amide bonds. The molecule has 0 aromatic heterocycles. The van der Waals surface area contributed by atoms with E-state index < -0.39 is 0 Å². The first-order valence-electron chi connectivity index (χ1n) is 6.44. The molecule has 19 heavy (non-hydrogen) atoms. The van der Waals surface area contributed by atoms with Crippen LogP contribution in [0.3, 0.4) is 0 Å². The molecular weight excluding hydrogens is 246 g/mol. The van der Waals surface area contributed by atoms with Gasteiger partial charge in [-0.3, -0.25) is 4.79 Å². The number of amides is 1. The molecule has 0 heterocycles. The van der Waals surface area contributed by atoms with Gasteiger partial charge in [0.2, 0.25) is 0 Å². The molecule has 0 saturated heterocycles. The van der Waals surface area contributed by atoms with Crippen molar-refractivity contribution in [3.63, 3.8) is 0 Å². The smallest absolute Gasteiger partial charge is 0.255 e. The van der Waals surface area contributed by atoms with Crippen LogP contribution in [0.2, 0.25) is 0 Å². The Bertz CT molecular complexity index is 461. The summed E-state index contributed by atoms with van der Waals surface area (Å²) in [5.41, 5.74) is 0.197. The number of hydrogen-bond donors (Lipinski definition) is 3. The first-order valence-corrected chi connectivity index (χ1v) is 6.44. The topological polar surface area (TPSA) is 78.8 Å². The first-order chi connectivity index (χ1) is 9.15. The zero-order chi connectivity index (χ0) is 13.8. The Morgan fingerprint density at radius 3 is 2.95 bits per heavy atom. The summed E-state index contributed by atoms with van der Waals surface area (Å²) in [6, 6.07) is 4.51. The van der Waals surface area contributed by atoms with Crippen LogP contribution >= 0.6 is 0 Å². The number of aliphatic hydroxyl groups excluding tert-OH is 1. The number of carbonyl (C=O) groups is 1. The van der Waals surface area contributed by atoms with Gasteiger partial charge in [0.15, 0.2) is 0 Å². The number of phenols is 1. The number of methoxy groups -OCH3 is 1. The van der Waals surface area contributed by atoms with Crippen LogP contribution in [0.4, 0.5) is 0 Å². The predicted octanol–water partition coefficient (Wildman–Crippen LogP) is 1.29. The summed E-state index contributed by atoms with van der Waals surface area (Å²) in [5, 5.41) is 21.8. The van der Waals surface area contributed by atoms with Crippen molar-refractivity contribution in [3.05, 3.63) is 23.8 Å². The van der Waals surface area contributed by atoms with E-state index in [2.05, 4.69) is 5.32 Å². The van der Waals surface area contributed by atoms with Gasteiger partial charge in [0.25, 0.3) is 5.91 Å². The van der Waals surface area contributed by atoms with Crippen LogP contribution < -0.4 is 10.1 Å². The van der Waals surface area contributed by atoms with Crippen molar-refractivity contribution in [2.75, 3.05) is 13.7 Å². The van der Waals surface area contributed by atoms with E-state index in [-0.39, 0.29) is 35.8 Å². The normalized spacial score (nSPS) is 22.2. The maximum atomic E-state index is 12.1. The van der Waals surface area contributed by atoms with Crippen LogP contribution in [-0.4, -0.2) is 35.9 Å². The second kappa shape index (κ2) is 5.93. The summed E-state index contributed by atoms with van der Waals surface area (Å²) >= 11 is 0.